The number of hydrogen-bond acceptors (Lipinski definition) is 5. The van der Waals surface area contributed by atoms with Gasteiger partial charge in [0.1, 0.15) is 0 Å². The van der Waals surface area contributed by atoms with Gasteiger partial charge in [0.2, 0.25) is 5.89 Å². The molecule has 0 N–H and O–H groups in total. The van der Waals surface area contributed by atoms with Crippen molar-refractivity contribution in [2.45, 2.75) is 38.8 Å². The van der Waals surface area contributed by atoms with E-state index in [-0.39, 0.29) is 6.04 Å². The lowest BCUT2D eigenvalue weighted by Crippen LogP contribution is -2.48. The van der Waals surface area contributed by atoms with E-state index in [9.17, 15) is 0 Å². The maximum absolute atomic E-state index is 5.34. The summed E-state index contributed by atoms with van der Waals surface area (Å²) in [5, 5.41) is 8.28. The Morgan fingerprint density at radius 2 is 2.32 bits per heavy atom. The topological polar surface area (TPSA) is 60.0 Å². The van der Waals surface area contributed by atoms with Crippen LogP contribution in [0.15, 0.2) is 23.0 Å². The summed E-state index contributed by atoms with van der Waals surface area (Å²) in [5.74, 6) is 1.54. The van der Waals surface area contributed by atoms with Gasteiger partial charge in [0.25, 0.3) is 0 Å². The largest absolute Gasteiger partial charge is 0.338 e. The molecule has 1 fully saturated rings. The summed E-state index contributed by atoms with van der Waals surface area (Å²) in [7, 11) is 0. The fraction of sp³-hybridized carbons (Fsp3) is 0.615. The number of aromatic nitrogens is 4. The Labute approximate surface area is 112 Å². The highest BCUT2D eigenvalue weighted by molar-refractivity contribution is 4.98. The van der Waals surface area contributed by atoms with E-state index in [1.54, 1.807) is 0 Å². The minimum atomic E-state index is 0.185. The highest BCUT2D eigenvalue weighted by Gasteiger charge is 2.34. The summed E-state index contributed by atoms with van der Waals surface area (Å²) in [6.45, 7) is 6.19. The van der Waals surface area contributed by atoms with E-state index < -0.39 is 0 Å². The van der Waals surface area contributed by atoms with Crippen molar-refractivity contribution in [2.75, 3.05) is 13.1 Å². The second kappa shape index (κ2) is 5.13. The molecule has 2 aromatic heterocycles. The third-order valence-electron chi connectivity index (χ3n) is 3.65. The molecule has 6 heteroatoms. The zero-order valence-corrected chi connectivity index (χ0v) is 11.4. The fourth-order valence-corrected chi connectivity index (χ4v) is 2.39. The number of aryl methyl sites for hydroxylation is 1. The molecule has 3 heterocycles. The Hall–Kier alpha value is -1.69. The predicted molar refractivity (Wildman–Crippen MR) is 69.5 cm³/mol. The molecule has 2 aromatic rings. The van der Waals surface area contributed by atoms with Crippen LogP contribution in [0.25, 0.3) is 0 Å². The van der Waals surface area contributed by atoms with Gasteiger partial charge in [0.15, 0.2) is 5.82 Å². The first kappa shape index (κ1) is 12.3. The average Bonchev–Trinajstić information content (AvgIpc) is 2.98. The van der Waals surface area contributed by atoms with Crippen molar-refractivity contribution in [1.29, 1.82) is 0 Å². The van der Waals surface area contributed by atoms with Gasteiger partial charge in [-0.1, -0.05) is 12.1 Å². The minimum Gasteiger partial charge on any atom is -0.338 e. The lowest BCUT2D eigenvalue weighted by molar-refractivity contribution is 0.0456. The van der Waals surface area contributed by atoms with E-state index in [1.165, 1.54) is 0 Å². The van der Waals surface area contributed by atoms with Crippen molar-refractivity contribution in [2.24, 2.45) is 0 Å². The molecule has 0 radical (unpaired) electrons. The lowest BCUT2D eigenvalue weighted by atomic mass is 10.1. The molecule has 0 amide bonds. The van der Waals surface area contributed by atoms with Gasteiger partial charge in [-0.05, 0) is 19.4 Å². The molecule has 3 rings (SSSR count). The van der Waals surface area contributed by atoms with E-state index in [2.05, 4.69) is 34.0 Å². The molecule has 0 bridgehead atoms. The van der Waals surface area contributed by atoms with Crippen LogP contribution in [0, 0.1) is 0 Å². The van der Waals surface area contributed by atoms with Gasteiger partial charge in [-0.3, -0.25) is 9.58 Å². The monoisotopic (exact) mass is 261 g/mol. The maximum Gasteiger partial charge on any atom is 0.243 e. The minimum absolute atomic E-state index is 0.185. The van der Waals surface area contributed by atoms with E-state index in [0.29, 0.717) is 6.04 Å². The van der Waals surface area contributed by atoms with Gasteiger partial charge < -0.3 is 4.52 Å². The quantitative estimate of drug-likeness (QED) is 0.822. The van der Waals surface area contributed by atoms with Gasteiger partial charge in [-0.25, -0.2) is 0 Å². The Morgan fingerprint density at radius 1 is 1.47 bits per heavy atom. The normalized spacial score (nSPS) is 18.4. The van der Waals surface area contributed by atoms with Crippen LogP contribution in [0.4, 0.5) is 0 Å². The van der Waals surface area contributed by atoms with Crippen LogP contribution in [-0.4, -0.2) is 37.9 Å². The Bertz CT molecular complexity index is 515. The second-order valence-electron chi connectivity index (χ2n) is 5.07. The molecular formula is C13H19N5O. The summed E-state index contributed by atoms with van der Waals surface area (Å²) >= 11 is 0. The van der Waals surface area contributed by atoms with E-state index >= 15 is 0 Å². The van der Waals surface area contributed by atoms with Gasteiger partial charge in [-0.15, -0.1) is 0 Å². The molecule has 1 aliphatic heterocycles. The summed E-state index contributed by atoms with van der Waals surface area (Å²) in [5.41, 5.74) is 0. The van der Waals surface area contributed by atoms with E-state index in [4.69, 9.17) is 4.52 Å². The third-order valence-corrected chi connectivity index (χ3v) is 3.65. The number of rotatable bonds is 5. The van der Waals surface area contributed by atoms with Crippen LogP contribution in [0.1, 0.15) is 44.1 Å². The maximum atomic E-state index is 5.34. The Morgan fingerprint density at radius 3 is 3.00 bits per heavy atom. The molecule has 0 aliphatic carbocycles. The molecule has 1 atom stereocenters. The van der Waals surface area contributed by atoms with Crippen molar-refractivity contribution < 1.29 is 4.52 Å². The summed E-state index contributed by atoms with van der Waals surface area (Å²) in [4.78, 5) is 6.78. The molecule has 0 unspecified atom stereocenters. The average molecular weight is 261 g/mol. The van der Waals surface area contributed by atoms with Crippen LogP contribution in [-0.2, 0) is 6.42 Å². The van der Waals surface area contributed by atoms with Crippen molar-refractivity contribution in [1.82, 2.24) is 24.8 Å². The summed E-state index contributed by atoms with van der Waals surface area (Å²) in [6, 6.07) is 2.61. The molecule has 1 aliphatic rings. The van der Waals surface area contributed by atoms with Crippen molar-refractivity contribution in [3.05, 3.63) is 30.2 Å². The van der Waals surface area contributed by atoms with Crippen molar-refractivity contribution >= 4 is 0 Å². The van der Waals surface area contributed by atoms with Crippen molar-refractivity contribution in [3.8, 4) is 0 Å². The highest BCUT2D eigenvalue weighted by atomic mass is 16.5. The number of nitrogens with zero attached hydrogens (tertiary/aromatic N) is 5. The number of likely N-dealkylation sites (tertiary alicyclic amines) is 1. The first-order valence-electron chi connectivity index (χ1n) is 6.83. The van der Waals surface area contributed by atoms with Crippen LogP contribution in [0.2, 0.25) is 0 Å². The molecule has 6 nitrogen and oxygen atoms in total. The van der Waals surface area contributed by atoms with E-state index in [1.807, 2.05) is 23.1 Å². The SMILES string of the molecule is CCCc1noc([C@@H](C)N2CC(n3cccn3)C2)n1. The van der Waals surface area contributed by atoms with Crippen molar-refractivity contribution in [3.63, 3.8) is 0 Å². The van der Waals surface area contributed by atoms with Gasteiger partial charge in [-0.2, -0.15) is 10.1 Å². The Kier molecular flexibility index (Phi) is 3.33. The lowest BCUT2D eigenvalue weighted by Gasteiger charge is -2.41. The van der Waals surface area contributed by atoms with Crippen LogP contribution in [0.3, 0.4) is 0 Å². The molecule has 0 saturated carbocycles. The first-order chi connectivity index (χ1) is 9.28. The fourth-order valence-electron chi connectivity index (χ4n) is 2.39. The molecule has 0 aromatic carbocycles. The molecular weight excluding hydrogens is 242 g/mol. The standard InChI is InChI=1S/C13H19N5O/c1-3-5-12-15-13(19-16-12)10(2)17-8-11(9-17)18-7-4-6-14-18/h4,6-7,10-11H,3,5,8-9H2,1-2H3/t10-/m1/s1. The highest BCUT2D eigenvalue weighted by Crippen LogP contribution is 2.29. The smallest absolute Gasteiger partial charge is 0.243 e. The van der Waals surface area contributed by atoms with Gasteiger partial charge in [0, 0.05) is 31.9 Å². The number of hydrogen-bond donors (Lipinski definition) is 0. The third kappa shape index (κ3) is 2.40. The first-order valence-corrected chi connectivity index (χ1v) is 6.83. The zero-order chi connectivity index (χ0) is 13.2. The molecule has 19 heavy (non-hydrogen) atoms. The van der Waals surface area contributed by atoms with Gasteiger partial charge >= 0.3 is 0 Å². The predicted octanol–water partition coefficient (Wildman–Crippen LogP) is 1.84. The van der Waals surface area contributed by atoms with Crippen LogP contribution in [0.5, 0.6) is 0 Å². The van der Waals surface area contributed by atoms with Gasteiger partial charge in [0.05, 0.1) is 12.1 Å². The molecule has 0 spiro atoms. The van der Waals surface area contributed by atoms with E-state index in [0.717, 1.165) is 37.6 Å². The second-order valence-corrected chi connectivity index (χ2v) is 5.07. The molecule has 1 saturated heterocycles. The summed E-state index contributed by atoms with van der Waals surface area (Å²) in [6.07, 6.45) is 5.75. The molecule has 102 valence electrons. The Balaban J connectivity index is 1.58. The summed E-state index contributed by atoms with van der Waals surface area (Å²) < 4.78 is 7.35. The van der Waals surface area contributed by atoms with Crippen LogP contribution >= 0.6 is 0 Å². The van der Waals surface area contributed by atoms with Crippen LogP contribution < -0.4 is 0 Å². The zero-order valence-electron chi connectivity index (χ0n) is 11.4.